The summed E-state index contributed by atoms with van der Waals surface area (Å²) in [6, 6.07) is 0.0596. The van der Waals surface area contributed by atoms with Gasteiger partial charge in [0.1, 0.15) is 5.60 Å². The number of unbranched alkanes of at least 4 members (excludes halogenated alkanes) is 5. The van der Waals surface area contributed by atoms with Crippen molar-refractivity contribution in [2.24, 2.45) is 0 Å². The molecule has 0 aromatic carbocycles. The first-order valence-electron chi connectivity index (χ1n) is 11.0. The maximum atomic E-state index is 12.1. The van der Waals surface area contributed by atoms with Crippen LogP contribution in [0.4, 0.5) is 0 Å². The van der Waals surface area contributed by atoms with Crippen LogP contribution in [0.15, 0.2) is 12.2 Å². The quantitative estimate of drug-likeness (QED) is 0.252. The number of ketones is 1. The van der Waals surface area contributed by atoms with Crippen molar-refractivity contribution < 1.29 is 19.1 Å². The van der Waals surface area contributed by atoms with Gasteiger partial charge in [-0.05, 0) is 52.5 Å². The van der Waals surface area contributed by atoms with E-state index in [1.165, 1.54) is 0 Å². The van der Waals surface area contributed by atoms with Gasteiger partial charge in [-0.3, -0.25) is 14.4 Å². The van der Waals surface area contributed by atoms with Crippen LogP contribution in [-0.4, -0.2) is 40.7 Å². The van der Waals surface area contributed by atoms with Gasteiger partial charge in [-0.25, -0.2) is 0 Å². The summed E-state index contributed by atoms with van der Waals surface area (Å²) in [6.07, 6.45) is 12.8. The molecule has 0 radical (unpaired) electrons. The highest BCUT2D eigenvalue weighted by Crippen LogP contribution is 2.21. The normalized spacial score (nSPS) is 17.5. The second-order valence-corrected chi connectivity index (χ2v) is 8.73. The summed E-state index contributed by atoms with van der Waals surface area (Å²) >= 11 is 0. The zero-order valence-corrected chi connectivity index (χ0v) is 18.3. The predicted molar refractivity (Wildman–Crippen MR) is 112 cm³/mol. The zero-order chi connectivity index (χ0) is 21.0. The first-order chi connectivity index (χ1) is 13.2. The van der Waals surface area contributed by atoms with Crippen LogP contribution in [0.2, 0.25) is 0 Å². The van der Waals surface area contributed by atoms with E-state index in [9.17, 15) is 14.4 Å². The number of allylic oxidation sites excluding steroid dienone is 1. The SMILES string of the molecule is CCCCCC(=O)C=CC1CCC(=O)N1CCCCCCC(=O)OC(C)(C)C. The smallest absolute Gasteiger partial charge is 0.306 e. The maximum absolute atomic E-state index is 12.1. The molecule has 5 heteroatoms. The van der Waals surface area contributed by atoms with Crippen molar-refractivity contribution in [1.29, 1.82) is 0 Å². The summed E-state index contributed by atoms with van der Waals surface area (Å²) in [5.41, 5.74) is -0.423. The lowest BCUT2D eigenvalue weighted by molar-refractivity contribution is -0.154. The molecule has 28 heavy (non-hydrogen) atoms. The van der Waals surface area contributed by atoms with Crippen molar-refractivity contribution in [2.45, 2.75) is 110 Å². The minimum Gasteiger partial charge on any atom is -0.460 e. The van der Waals surface area contributed by atoms with E-state index < -0.39 is 5.60 Å². The van der Waals surface area contributed by atoms with E-state index in [0.717, 1.165) is 57.9 Å². The maximum Gasteiger partial charge on any atom is 0.306 e. The second kappa shape index (κ2) is 12.7. The van der Waals surface area contributed by atoms with Gasteiger partial charge in [-0.2, -0.15) is 0 Å². The van der Waals surface area contributed by atoms with Gasteiger partial charge in [-0.1, -0.05) is 38.7 Å². The number of carbonyl (C=O) groups excluding carboxylic acids is 3. The van der Waals surface area contributed by atoms with Crippen molar-refractivity contribution >= 4 is 17.7 Å². The van der Waals surface area contributed by atoms with Crippen LogP contribution in [0, 0.1) is 0 Å². The number of nitrogens with zero attached hydrogens (tertiary/aromatic N) is 1. The van der Waals surface area contributed by atoms with Gasteiger partial charge >= 0.3 is 5.97 Å². The second-order valence-electron chi connectivity index (χ2n) is 8.73. The molecule has 160 valence electrons. The molecular weight excluding hydrogens is 354 g/mol. The summed E-state index contributed by atoms with van der Waals surface area (Å²) in [5.74, 6) is 0.202. The van der Waals surface area contributed by atoms with Gasteiger partial charge in [0, 0.05) is 25.8 Å². The van der Waals surface area contributed by atoms with Crippen LogP contribution < -0.4 is 0 Å². The van der Waals surface area contributed by atoms with Gasteiger partial charge in [0.05, 0.1) is 6.04 Å². The van der Waals surface area contributed by atoms with Gasteiger partial charge < -0.3 is 9.64 Å². The van der Waals surface area contributed by atoms with Crippen LogP contribution in [-0.2, 0) is 19.1 Å². The van der Waals surface area contributed by atoms with Gasteiger partial charge in [-0.15, -0.1) is 0 Å². The number of ether oxygens (including phenoxy) is 1. The van der Waals surface area contributed by atoms with E-state index >= 15 is 0 Å². The van der Waals surface area contributed by atoms with Crippen LogP contribution in [0.5, 0.6) is 0 Å². The van der Waals surface area contributed by atoms with Crippen molar-refractivity contribution in [3.05, 3.63) is 12.2 Å². The number of rotatable bonds is 13. The third-order valence-corrected chi connectivity index (χ3v) is 4.86. The molecule has 5 nitrogen and oxygen atoms in total. The largest absolute Gasteiger partial charge is 0.460 e. The average molecular weight is 394 g/mol. The molecule has 1 saturated heterocycles. The molecular formula is C23H39NO4. The molecule has 0 aromatic heterocycles. The summed E-state index contributed by atoms with van der Waals surface area (Å²) in [6.45, 7) is 8.48. The Morgan fingerprint density at radius 2 is 1.75 bits per heavy atom. The van der Waals surface area contributed by atoms with Crippen LogP contribution in [0.1, 0.15) is 98.3 Å². The standard InChI is InChI=1S/C23H39NO4/c1-5-6-9-12-20(25)16-14-19-15-17-21(26)24(19)18-11-8-7-10-13-22(27)28-23(2,3)4/h14,16,19H,5-13,15,17-18H2,1-4H3. The Balaban J connectivity index is 2.25. The zero-order valence-electron chi connectivity index (χ0n) is 18.3. The van der Waals surface area contributed by atoms with Crippen LogP contribution in [0.3, 0.4) is 0 Å². The Morgan fingerprint density at radius 3 is 2.43 bits per heavy atom. The van der Waals surface area contributed by atoms with E-state index in [-0.39, 0.29) is 23.7 Å². The molecule has 1 amide bonds. The highest BCUT2D eigenvalue weighted by atomic mass is 16.6. The van der Waals surface area contributed by atoms with E-state index in [1.807, 2.05) is 31.7 Å². The predicted octanol–water partition coefficient (Wildman–Crippen LogP) is 4.98. The lowest BCUT2D eigenvalue weighted by Gasteiger charge is -2.22. The molecule has 1 fully saturated rings. The Morgan fingerprint density at radius 1 is 1.07 bits per heavy atom. The fraction of sp³-hybridized carbons (Fsp3) is 0.783. The number of esters is 1. The molecule has 0 bridgehead atoms. The van der Waals surface area contributed by atoms with Gasteiger partial charge in [0.2, 0.25) is 5.91 Å². The topological polar surface area (TPSA) is 63.7 Å². The molecule has 1 rings (SSSR count). The summed E-state index contributed by atoms with van der Waals surface area (Å²) in [7, 11) is 0. The fourth-order valence-corrected chi connectivity index (χ4v) is 3.39. The fourth-order valence-electron chi connectivity index (χ4n) is 3.39. The lowest BCUT2D eigenvalue weighted by Crippen LogP contribution is -2.32. The highest BCUT2D eigenvalue weighted by molar-refractivity contribution is 5.90. The third kappa shape index (κ3) is 10.6. The summed E-state index contributed by atoms with van der Waals surface area (Å²) < 4.78 is 5.30. The molecule has 0 aliphatic carbocycles. The number of amides is 1. The highest BCUT2D eigenvalue weighted by Gasteiger charge is 2.28. The monoisotopic (exact) mass is 393 g/mol. The van der Waals surface area contributed by atoms with E-state index in [4.69, 9.17) is 4.74 Å². The molecule has 1 heterocycles. The molecule has 0 saturated carbocycles. The summed E-state index contributed by atoms with van der Waals surface area (Å²) in [4.78, 5) is 37.6. The molecule has 0 spiro atoms. The van der Waals surface area contributed by atoms with E-state index in [1.54, 1.807) is 6.08 Å². The Kier molecular flexibility index (Phi) is 11.1. The average Bonchev–Trinajstić information content (AvgIpc) is 2.95. The first kappa shape index (κ1) is 24.4. The molecule has 1 aliphatic heterocycles. The Bertz CT molecular complexity index is 533. The van der Waals surface area contributed by atoms with Gasteiger partial charge in [0.15, 0.2) is 5.78 Å². The Hall–Kier alpha value is -1.65. The lowest BCUT2D eigenvalue weighted by atomic mass is 10.1. The number of likely N-dealkylation sites (tertiary alicyclic amines) is 1. The number of hydrogen-bond acceptors (Lipinski definition) is 4. The van der Waals surface area contributed by atoms with Gasteiger partial charge in [0.25, 0.3) is 0 Å². The Labute approximate surface area is 170 Å². The molecule has 0 N–H and O–H groups in total. The van der Waals surface area contributed by atoms with Crippen molar-refractivity contribution in [2.75, 3.05) is 6.54 Å². The van der Waals surface area contributed by atoms with E-state index in [0.29, 0.717) is 19.3 Å². The molecule has 1 aliphatic rings. The first-order valence-corrected chi connectivity index (χ1v) is 11.0. The number of hydrogen-bond donors (Lipinski definition) is 0. The molecule has 1 unspecified atom stereocenters. The van der Waals surface area contributed by atoms with Crippen molar-refractivity contribution in [3.63, 3.8) is 0 Å². The molecule has 1 atom stereocenters. The molecule has 0 aromatic rings. The minimum atomic E-state index is -0.423. The van der Waals surface area contributed by atoms with Crippen LogP contribution in [0.25, 0.3) is 0 Å². The number of carbonyl (C=O) groups is 3. The third-order valence-electron chi connectivity index (χ3n) is 4.86. The van der Waals surface area contributed by atoms with E-state index in [2.05, 4.69) is 6.92 Å². The van der Waals surface area contributed by atoms with Crippen molar-refractivity contribution in [1.82, 2.24) is 4.90 Å². The summed E-state index contributed by atoms with van der Waals surface area (Å²) in [5, 5.41) is 0. The minimum absolute atomic E-state index is 0.0596. The van der Waals surface area contributed by atoms with Crippen molar-refractivity contribution in [3.8, 4) is 0 Å². The van der Waals surface area contributed by atoms with Crippen LogP contribution >= 0.6 is 0 Å².